The summed E-state index contributed by atoms with van der Waals surface area (Å²) < 4.78 is 11.7. The summed E-state index contributed by atoms with van der Waals surface area (Å²) in [7, 11) is 0. The molecule has 24 heavy (non-hydrogen) atoms. The highest BCUT2D eigenvalue weighted by Crippen LogP contribution is 2.34. The third-order valence-corrected chi connectivity index (χ3v) is 3.98. The van der Waals surface area contributed by atoms with Gasteiger partial charge in [-0.3, -0.25) is 0 Å². The van der Waals surface area contributed by atoms with Crippen molar-refractivity contribution < 1.29 is 14.6 Å². The topological polar surface area (TPSA) is 38.7 Å². The first-order chi connectivity index (χ1) is 11.4. The van der Waals surface area contributed by atoms with Gasteiger partial charge in [0, 0.05) is 10.9 Å². The summed E-state index contributed by atoms with van der Waals surface area (Å²) in [4.78, 5) is 0. The van der Waals surface area contributed by atoms with E-state index in [0.29, 0.717) is 18.2 Å². The van der Waals surface area contributed by atoms with Crippen molar-refractivity contribution in [3.8, 4) is 0 Å². The summed E-state index contributed by atoms with van der Waals surface area (Å²) in [6.07, 6.45) is -0.352. The molecule has 0 saturated heterocycles. The molecule has 0 heterocycles. The molecule has 0 radical (unpaired) electrons. The molecule has 4 heteroatoms. The maximum Gasteiger partial charge on any atom is 0.160 e. The quantitative estimate of drug-likeness (QED) is 0.684. The molecule has 3 nitrogen and oxygen atoms in total. The minimum Gasteiger partial charge on any atom is -0.376 e. The summed E-state index contributed by atoms with van der Waals surface area (Å²) in [6, 6.07) is 17.6. The Kier molecular flexibility index (Phi) is 6.81. The summed E-state index contributed by atoms with van der Waals surface area (Å²) in [6.45, 7) is 6.32. The van der Waals surface area contributed by atoms with Gasteiger partial charge in [-0.15, -0.1) is 0 Å². The molecule has 2 aromatic carbocycles. The van der Waals surface area contributed by atoms with Crippen LogP contribution in [0.25, 0.3) is 0 Å². The largest absolute Gasteiger partial charge is 0.376 e. The molecule has 2 rings (SSSR count). The SMILES string of the molecule is CC(COCc1ccccc1)C(OC(C)(C)O)c1ccccc1Cl. The molecular weight excluding hydrogens is 324 g/mol. The molecule has 0 bridgehead atoms. The third kappa shape index (κ3) is 5.91. The van der Waals surface area contributed by atoms with Crippen molar-refractivity contribution in [2.45, 2.75) is 39.3 Å². The van der Waals surface area contributed by atoms with E-state index in [-0.39, 0.29) is 12.0 Å². The van der Waals surface area contributed by atoms with Gasteiger partial charge in [0.25, 0.3) is 0 Å². The van der Waals surface area contributed by atoms with Gasteiger partial charge in [0.15, 0.2) is 5.79 Å². The van der Waals surface area contributed by atoms with E-state index in [1.54, 1.807) is 13.8 Å². The lowest BCUT2D eigenvalue weighted by atomic mass is 9.97. The Morgan fingerprint density at radius 1 is 1.04 bits per heavy atom. The third-order valence-electron chi connectivity index (χ3n) is 3.64. The van der Waals surface area contributed by atoms with Crippen molar-refractivity contribution in [2.75, 3.05) is 6.61 Å². The monoisotopic (exact) mass is 348 g/mol. The fourth-order valence-electron chi connectivity index (χ4n) is 2.53. The Bertz CT molecular complexity index is 622. The molecule has 0 aromatic heterocycles. The zero-order chi connectivity index (χ0) is 17.6. The lowest BCUT2D eigenvalue weighted by molar-refractivity contribution is -0.221. The normalized spacial score (nSPS) is 14.4. The molecule has 0 aliphatic rings. The molecule has 1 N–H and O–H groups in total. The van der Waals surface area contributed by atoms with E-state index in [0.717, 1.165) is 11.1 Å². The summed E-state index contributed by atoms with van der Waals surface area (Å²) in [5, 5.41) is 10.7. The van der Waals surface area contributed by atoms with Crippen LogP contribution in [-0.2, 0) is 16.1 Å². The maximum absolute atomic E-state index is 10.1. The van der Waals surface area contributed by atoms with Gasteiger partial charge in [0.05, 0.1) is 19.3 Å². The maximum atomic E-state index is 10.1. The number of rotatable bonds is 8. The van der Waals surface area contributed by atoms with Gasteiger partial charge in [-0.2, -0.15) is 0 Å². The number of hydrogen-bond donors (Lipinski definition) is 1. The minimum atomic E-state index is -1.25. The molecule has 2 aromatic rings. The van der Waals surface area contributed by atoms with Crippen LogP contribution in [-0.4, -0.2) is 17.5 Å². The Morgan fingerprint density at radius 3 is 2.29 bits per heavy atom. The average molecular weight is 349 g/mol. The first kappa shape index (κ1) is 18.9. The van der Waals surface area contributed by atoms with Crippen LogP contribution in [0, 0.1) is 5.92 Å². The number of hydrogen-bond acceptors (Lipinski definition) is 3. The van der Waals surface area contributed by atoms with Crippen LogP contribution in [0.15, 0.2) is 54.6 Å². The summed E-state index contributed by atoms with van der Waals surface area (Å²) in [5.74, 6) is -1.22. The lowest BCUT2D eigenvalue weighted by Crippen LogP contribution is -2.30. The summed E-state index contributed by atoms with van der Waals surface area (Å²) >= 11 is 6.32. The predicted molar refractivity (Wildman–Crippen MR) is 96.8 cm³/mol. The second-order valence-electron chi connectivity index (χ2n) is 6.48. The van der Waals surface area contributed by atoms with Gasteiger partial charge < -0.3 is 14.6 Å². The number of benzene rings is 2. The fraction of sp³-hybridized carbons (Fsp3) is 0.400. The van der Waals surface area contributed by atoms with E-state index in [1.165, 1.54) is 0 Å². The van der Waals surface area contributed by atoms with Gasteiger partial charge in [0.2, 0.25) is 0 Å². The smallest absolute Gasteiger partial charge is 0.160 e. The Labute approximate surface area is 149 Å². The van der Waals surface area contributed by atoms with Crippen LogP contribution in [0.3, 0.4) is 0 Å². The van der Waals surface area contributed by atoms with Crippen LogP contribution >= 0.6 is 11.6 Å². The first-order valence-corrected chi connectivity index (χ1v) is 8.51. The highest BCUT2D eigenvalue weighted by Gasteiger charge is 2.28. The van der Waals surface area contributed by atoms with Crippen molar-refractivity contribution in [2.24, 2.45) is 5.92 Å². The van der Waals surface area contributed by atoms with Crippen molar-refractivity contribution in [1.29, 1.82) is 0 Å². The van der Waals surface area contributed by atoms with Crippen LogP contribution in [0.2, 0.25) is 5.02 Å². The zero-order valence-corrected chi connectivity index (χ0v) is 15.2. The average Bonchev–Trinajstić information content (AvgIpc) is 2.53. The van der Waals surface area contributed by atoms with E-state index < -0.39 is 5.79 Å². The molecule has 0 amide bonds. The summed E-state index contributed by atoms with van der Waals surface area (Å²) in [5.41, 5.74) is 1.99. The molecule has 0 spiro atoms. The molecule has 2 atom stereocenters. The van der Waals surface area contributed by atoms with E-state index in [4.69, 9.17) is 21.1 Å². The molecule has 0 aliphatic carbocycles. The Balaban J connectivity index is 2.04. The number of aliphatic hydroxyl groups is 1. The minimum absolute atomic E-state index is 0.0278. The Hall–Kier alpha value is -1.39. The molecule has 130 valence electrons. The first-order valence-electron chi connectivity index (χ1n) is 8.13. The molecule has 2 unspecified atom stereocenters. The lowest BCUT2D eigenvalue weighted by Gasteiger charge is -2.31. The molecule has 0 saturated carbocycles. The van der Waals surface area contributed by atoms with Crippen LogP contribution < -0.4 is 0 Å². The van der Waals surface area contributed by atoms with Gasteiger partial charge in [-0.1, -0.05) is 67.1 Å². The van der Waals surface area contributed by atoms with Crippen molar-refractivity contribution in [3.63, 3.8) is 0 Å². The van der Waals surface area contributed by atoms with Crippen LogP contribution in [0.4, 0.5) is 0 Å². The highest BCUT2D eigenvalue weighted by molar-refractivity contribution is 6.31. The standard InChI is InChI=1S/C20H25ClO3/c1-15(13-23-14-16-9-5-4-6-10-16)19(24-20(2,3)22)17-11-7-8-12-18(17)21/h4-12,15,19,22H,13-14H2,1-3H3. The van der Waals surface area contributed by atoms with Crippen LogP contribution in [0.5, 0.6) is 0 Å². The second kappa shape index (κ2) is 8.63. The second-order valence-corrected chi connectivity index (χ2v) is 6.89. The zero-order valence-electron chi connectivity index (χ0n) is 14.4. The van der Waals surface area contributed by atoms with Gasteiger partial charge in [-0.05, 0) is 31.0 Å². The fourth-order valence-corrected chi connectivity index (χ4v) is 2.77. The van der Waals surface area contributed by atoms with E-state index in [1.807, 2.05) is 61.5 Å². The molecular formula is C20H25ClO3. The van der Waals surface area contributed by atoms with Crippen LogP contribution in [0.1, 0.15) is 38.0 Å². The number of halogens is 1. The van der Waals surface area contributed by atoms with Crippen molar-refractivity contribution in [1.82, 2.24) is 0 Å². The molecule has 0 fully saturated rings. The Morgan fingerprint density at radius 2 is 1.67 bits per heavy atom. The highest BCUT2D eigenvalue weighted by atomic mass is 35.5. The van der Waals surface area contributed by atoms with E-state index in [2.05, 4.69) is 0 Å². The number of ether oxygens (including phenoxy) is 2. The van der Waals surface area contributed by atoms with Crippen molar-refractivity contribution in [3.05, 3.63) is 70.7 Å². The molecule has 0 aliphatic heterocycles. The van der Waals surface area contributed by atoms with E-state index in [9.17, 15) is 5.11 Å². The van der Waals surface area contributed by atoms with Gasteiger partial charge in [0.1, 0.15) is 0 Å². The van der Waals surface area contributed by atoms with Crippen molar-refractivity contribution >= 4 is 11.6 Å². The van der Waals surface area contributed by atoms with E-state index >= 15 is 0 Å². The van der Waals surface area contributed by atoms with Gasteiger partial charge in [-0.25, -0.2) is 0 Å². The van der Waals surface area contributed by atoms with Gasteiger partial charge >= 0.3 is 0 Å². The predicted octanol–water partition coefficient (Wildman–Crippen LogP) is 4.98.